The molecule has 0 fully saturated rings. The minimum Gasteiger partial charge on any atom is -0.494 e. The van der Waals surface area contributed by atoms with Crippen molar-refractivity contribution in [2.45, 2.75) is 0 Å². The molecule has 1 N–H and O–H groups in total. The number of hydrogen-bond acceptors (Lipinski definition) is 6. The van der Waals surface area contributed by atoms with Crippen LogP contribution in [0, 0.1) is 11.3 Å². The summed E-state index contributed by atoms with van der Waals surface area (Å²) >= 11 is 0. The number of nitrogens with zero attached hydrogens (tertiary/aromatic N) is 3. The first-order chi connectivity index (χ1) is 8.84. The number of nitriles is 1. The summed E-state index contributed by atoms with van der Waals surface area (Å²) in [6.07, 6.45) is 0.878. The number of carbonyl (C=O) groups excluding carboxylic acids is 1. The largest absolute Gasteiger partial charge is 0.494 e. The number of methoxy groups -OCH3 is 1. The van der Waals surface area contributed by atoms with Gasteiger partial charge in [0.15, 0.2) is 0 Å². The minimum absolute atomic E-state index is 0.341. The van der Waals surface area contributed by atoms with Gasteiger partial charge in [0.1, 0.15) is 17.2 Å². The normalized spacial score (nSPS) is 10.9. The third kappa shape index (κ3) is 2.40. The van der Waals surface area contributed by atoms with Gasteiger partial charge in [0.05, 0.1) is 7.11 Å². The molecule has 1 heterocycles. The maximum Gasteiger partial charge on any atom is 0.348 e. The van der Waals surface area contributed by atoms with E-state index in [-0.39, 0.29) is 5.56 Å². The summed E-state index contributed by atoms with van der Waals surface area (Å²) in [5.41, 5.74) is -2.35. The van der Waals surface area contributed by atoms with E-state index in [1.807, 2.05) is 0 Å². The number of carbonyl (C=O) groups is 1. The number of aromatic nitrogens is 2. The molecule has 0 aliphatic heterocycles. The van der Waals surface area contributed by atoms with Crippen LogP contribution in [0.2, 0.25) is 0 Å². The number of hydrogen-bond donors (Lipinski definition) is 1. The summed E-state index contributed by atoms with van der Waals surface area (Å²) < 4.78 is 5.92. The van der Waals surface area contributed by atoms with Crippen molar-refractivity contribution in [3.8, 4) is 11.9 Å². The Morgan fingerprint density at radius 2 is 1.95 bits per heavy atom. The van der Waals surface area contributed by atoms with Gasteiger partial charge in [-0.15, -0.1) is 0 Å². The van der Waals surface area contributed by atoms with Crippen molar-refractivity contribution in [3.63, 3.8) is 0 Å². The topological polar surface area (TPSA) is 114 Å². The highest BCUT2D eigenvalue weighted by atomic mass is 16.5. The van der Waals surface area contributed by atoms with E-state index in [9.17, 15) is 19.5 Å². The molecule has 0 aliphatic carbocycles. The standard InChI is InChI=1S/C11H11N3O5/c1-13-8(15)7(9(16)14(2)11(13)18)4-6(5-12)10(17)19-3/h4,15H,1-3H3. The van der Waals surface area contributed by atoms with Crippen LogP contribution in [0.25, 0.3) is 6.08 Å². The van der Waals surface area contributed by atoms with Crippen LogP contribution < -0.4 is 11.2 Å². The zero-order valence-corrected chi connectivity index (χ0v) is 10.5. The molecular weight excluding hydrogens is 254 g/mol. The second-order valence-electron chi connectivity index (χ2n) is 3.60. The Morgan fingerprint density at radius 1 is 1.37 bits per heavy atom. The Morgan fingerprint density at radius 3 is 2.42 bits per heavy atom. The Hall–Kier alpha value is -2.82. The maximum atomic E-state index is 11.8. The fourth-order valence-electron chi connectivity index (χ4n) is 1.38. The van der Waals surface area contributed by atoms with Crippen molar-refractivity contribution >= 4 is 12.0 Å². The molecule has 0 aromatic carbocycles. The summed E-state index contributed by atoms with van der Waals surface area (Å²) in [7, 11) is 3.54. The second kappa shape index (κ2) is 5.22. The molecule has 0 spiro atoms. The fourth-order valence-corrected chi connectivity index (χ4v) is 1.38. The molecule has 0 atom stereocenters. The SMILES string of the molecule is COC(=O)C(C#N)=Cc1c(O)n(C)c(=O)n(C)c1=O. The van der Waals surface area contributed by atoms with Gasteiger partial charge in [-0.1, -0.05) is 0 Å². The summed E-state index contributed by atoms with van der Waals surface area (Å²) in [6, 6.07) is 1.55. The second-order valence-corrected chi connectivity index (χ2v) is 3.60. The quantitative estimate of drug-likeness (QED) is 0.411. The molecule has 8 nitrogen and oxygen atoms in total. The molecule has 0 saturated heterocycles. The highest BCUT2D eigenvalue weighted by molar-refractivity contribution is 5.98. The Kier molecular flexibility index (Phi) is 3.91. The van der Waals surface area contributed by atoms with Crippen molar-refractivity contribution in [2.75, 3.05) is 7.11 Å². The molecular formula is C11H11N3O5. The lowest BCUT2D eigenvalue weighted by Gasteiger charge is -2.07. The Balaban J connectivity index is 3.68. The van der Waals surface area contributed by atoms with Gasteiger partial charge in [-0.05, 0) is 6.08 Å². The molecule has 0 unspecified atom stereocenters. The number of rotatable bonds is 2. The van der Waals surface area contributed by atoms with Crippen LogP contribution in [0.5, 0.6) is 5.88 Å². The van der Waals surface area contributed by atoms with Gasteiger partial charge in [-0.2, -0.15) is 5.26 Å². The zero-order chi connectivity index (χ0) is 14.7. The van der Waals surface area contributed by atoms with Gasteiger partial charge in [0.2, 0.25) is 5.88 Å². The number of esters is 1. The van der Waals surface area contributed by atoms with Crippen LogP contribution in [-0.4, -0.2) is 27.3 Å². The summed E-state index contributed by atoms with van der Waals surface area (Å²) in [5.74, 6) is -1.58. The van der Waals surface area contributed by atoms with Crippen LogP contribution in [0.1, 0.15) is 5.56 Å². The molecule has 19 heavy (non-hydrogen) atoms. The smallest absolute Gasteiger partial charge is 0.348 e. The monoisotopic (exact) mass is 265 g/mol. The molecule has 0 bridgehead atoms. The molecule has 1 rings (SSSR count). The Bertz CT molecular complexity index is 718. The van der Waals surface area contributed by atoms with Crippen molar-refractivity contribution in [1.29, 1.82) is 5.26 Å². The van der Waals surface area contributed by atoms with Crippen molar-refractivity contribution in [3.05, 3.63) is 32.0 Å². The van der Waals surface area contributed by atoms with E-state index in [1.54, 1.807) is 6.07 Å². The predicted octanol–water partition coefficient (Wildman–Crippen LogP) is -1.13. The first-order valence-corrected chi connectivity index (χ1v) is 5.04. The van der Waals surface area contributed by atoms with E-state index in [0.29, 0.717) is 0 Å². The summed E-state index contributed by atoms with van der Waals surface area (Å²) in [6.45, 7) is 0. The summed E-state index contributed by atoms with van der Waals surface area (Å²) in [5, 5.41) is 18.5. The Labute approximate surface area is 107 Å². The van der Waals surface area contributed by atoms with E-state index in [0.717, 1.165) is 22.3 Å². The van der Waals surface area contributed by atoms with Gasteiger partial charge in [-0.3, -0.25) is 13.9 Å². The average molecular weight is 265 g/mol. The highest BCUT2D eigenvalue weighted by Gasteiger charge is 2.16. The van der Waals surface area contributed by atoms with E-state index in [4.69, 9.17) is 5.26 Å². The van der Waals surface area contributed by atoms with Gasteiger partial charge >= 0.3 is 11.7 Å². The van der Waals surface area contributed by atoms with Gasteiger partial charge in [0, 0.05) is 14.1 Å². The molecule has 0 aliphatic rings. The first-order valence-electron chi connectivity index (χ1n) is 5.04. The fraction of sp³-hybridized carbons (Fsp3) is 0.273. The zero-order valence-electron chi connectivity index (χ0n) is 10.5. The van der Waals surface area contributed by atoms with Crippen LogP contribution in [0.3, 0.4) is 0 Å². The molecule has 1 aromatic rings. The molecule has 0 radical (unpaired) electrons. The third-order valence-corrected chi connectivity index (χ3v) is 2.48. The van der Waals surface area contributed by atoms with Crippen LogP contribution in [-0.2, 0) is 23.6 Å². The summed E-state index contributed by atoms with van der Waals surface area (Å²) in [4.78, 5) is 34.5. The van der Waals surface area contributed by atoms with Gasteiger partial charge in [0.25, 0.3) is 5.56 Å². The van der Waals surface area contributed by atoms with E-state index in [1.165, 1.54) is 14.1 Å². The van der Waals surface area contributed by atoms with Gasteiger partial charge < -0.3 is 9.84 Å². The van der Waals surface area contributed by atoms with Crippen LogP contribution in [0.4, 0.5) is 0 Å². The van der Waals surface area contributed by atoms with Gasteiger partial charge in [-0.25, -0.2) is 9.59 Å². The predicted molar refractivity (Wildman–Crippen MR) is 64.2 cm³/mol. The minimum atomic E-state index is -0.946. The van der Waals surface area contributed by atoms with E-state index >= 15 is 0 Å². The average Bonchev–Trinajstić information content (AvgIpc) is 2.42. The molecule has 1 aromatic heterocycles. The van der Waals surface area contributed by atoms with Crippen LogP contribution in [0.15, 0.2) is 15.2 Å². The van der Waals surface area contributed by atoms with Crippen LogP contribution >= 0.6 is 0 Å². The molecule has 0 saturated carbocycles. The number of ether oxygens (including phenoxy) is 1. The number of aromatic hydroxyl groups is 1. The van der Waals surface area contributed by atoms with Crippen molar-refractivity contribution in [1.82, 2.24) is 9.13 Å². The molecule has 0 amide bonds. The lowest BCUT2D eigenvalue weighted by atomic mass is 10.2. The maximum absolute atomic E-state index is 11.8. The lowest BCUT2D eigenvalue weighted by molar-refractivity contribution is -0.135. The van der Waals surface area contributed by atoms with E-state index in [2.05, 4.69) is 4.74 Å². The highest BCUT2D eigenvalue weighted by Crippen LogP contribution is 2.13. The van der Waals surface area contributed by atoms with Crippen molar-refractivity contribution in [2.24, 2.45) is 14.1 Å². The lowest BCUT2D eigenvalue weighted by Crippen LogP contribution is -2.38. The molecule has 8 heteroatoms. The third-order valence-electron chi connectivity index (χ3n) is 2.48. The molecule has 100 valence electrons. The van der Waals surface area contributed by atoms with Crippen molar-refractivity contribution < 1.29 is 14.6 Å². The van der Waals surface area contributed by atoms with E-state index < -0.39 is 28.7 Å². The first kappa shape index (κ1) is 14.2.